The van der Waals surface area contributed by atoms with E-state index in [2.05, 4.69) is 20.8 Å². The Morgan fingerprint density at radius 2 is 2.07 bits per heavy atom. The summed E-state index contributed by atoms with van der Waals surface area (Å²) in [4.78, 5) is 11.6. The summed E-state index contributed by atoms with van der Waals surface area (Å²) in [6.07, 6.45) is 0. The Morgan fingerprint density at radius 3 is 2.50 bits per heavy atom. The van der Waals surface area contributed by atoms with Crippen LogP contribution in [0.25, 0.3) is 0 Å². The highest BCUT2D eigenvalue weighted by molar-refractivity contribution is 5.95. The second-order valence-electron chi connectivity index (χ2n) is 3.46. The molecule has 0 fully saturated rings. The van der Waals surface area contributed by atoms with E-state index >= 15 is 0 Å². The van der Waals surface area contributed by atoms with Crippen LogP contribution in [0.1, 0.15) is 19.7 Å². The van der Waals surface area contributed by atoms with Crippen LogP contribution >= 0.6 is 0 Å². The Kier molecular flexibility index (Phi) is 2.85. The number of nitrogens with one attached hydrogen (secondary N) is 2. The van der Waals surface area contributed by atoms with E-state index < -0.39 is 5.54 Å². The van der Waals surface area contributed by atoms with E-state index in [-0.39, 0.29) is 11.9 Å². The molecule has 2 N–H and O–H groups in total. The van der Waals surface area contributed by atoms with Gasteiger partial charge in [0.05, 0.1) is 5.54 Å². The van der Waals surface area contributed by atoms with Gasteiger partial charge in [-0.05, 0) is 20.9 Å². The predicted octanol–water partition coefficient (Wildman–Crippen LogP) is 0.315. The molecule has 6 heteroatoms. The summed E-state index contributed by atoms with van der Waals surface area (Å²) >= 11 is 0. The number of anilines is 1. The van der Waals surface area contributed by atoms with Crippen LogP contribution in [-0.2, 0) is 4.79 Å². The van der Waals surface area contributed by atoms with Crippen molar-refractivity contribution in [3.63, 3.8) is 0 Å². The van der Waals surface area contributed by atoms with Crippen molar-refractivity contribution in [3.05, 3.63) is 5.89 Å². The molecule has 0 aliphatic carbocycles. The number of hydrogen-bond donors (Lipinski definition) is 2. The van der Waals surface area contributed by atoms with E-state index in [0.717, 1.165) is 0 Å². The second kappa shape index (κ2) is 3.75. The van der Waals surface area contributed by atoms with Gasteiger partial charge >= 0.3 is 6.01 Å². The molecule has 1 amide bonds. The monoisotopic (exact) mass is 198 g/mol. The van der Waals surface area contributed by atoms with Crippen LogP contribution in [0.15, 0.2) is 4.42 Å². The molecule has 0 saturated heterocycles. The highest BCUT2D eigenvalue weighted by Gasteiger charge is 2.26. The van der Waals surface area contributed by atoms with E-state index in [9.17, 15) is 4.79 Å². The van der Waals surface area contributed by atoms with Gasteiger partial charge in [-0.2, -0.15) is 0 Å². The molecule has 0 bridgehead atoms. The van der Waals surface area contributed by atoms with Gasteiger partial charge in [0.2, 0.25) is 11.8 Å². The summed E-state index contributed by atoms with van der Waals surface area (Å²) < 4.78 is 5.01. The lowest BCUT2D eigenvalue weighted by Crippen LogP contribution is -2.47. The highest BCUT2D eigenvalue weighted by Crippen LogP contribution is 2.08. The summed E-state index contributed by atoms with van der Waals surface area (Å²) in [5.41, 5.74) is -0.664. The maximum Gasteiger partial charge on any atom is 0.322 e. The van der Waals surface area contributed by atoms with Gasteiger partial charge in [-0.1, -0.05) is 5.10 Å². The van der Waals surface area contributed by atoms with Crippen molar-refractivity contribution >= 4 is 11.9 Å². The number of carbonyl (C=O) groups is 1. The van der Waals surface area contributed by atoms with Gasteiger partial charge in [-0.25, -0.2) is 0 Å². The molecule has 78 valence electrons. The molecule has 0 radical (unpaired) electrons. The fraction of sp³-hybridized carbons (Fsp3) is 0.625. The smallest absolute Gasteiger partial charge is 0.322 e. The summed E-state index contributed by atoms with van der Waals surface area (Å²) in [5, 5.41) is 12.6. The van der Waals surface area contributed by atoms with Crippen molar-refractivity contribution in [1.82, 2.24) is 15.5 Å². The van der Waals surface area contributed by atoms with Gasteiger partial charge in [-0.3, -0.25) is 10.1 Å². The fourth-order valence-electron chi connectivity index (χ4n) is 0.714. The number of carbonyl (C=O) groups excluding carboxylic acids is 1. The van der Waals surface area contributed by atoms with Crippen LogP contribution in [-0.4, -0.2) is 28.7 Å². The number of amides is 1. The molecule has 0 unspecified atom stereocenters. The second-order valence-corrected chi connectivity index (χ2v) is 3.46. The molecular weight excluding hydrogens is 184 g/mol. The molecule has 0 atom stereocenters. The molecule has 1 heterocycles. The largest absolute Gasteiger partial charge is 0.408 e. The number of hydrogen-bond acceptors (Lipinski definition) is 5. The molecule has 14 heavy (non-hydrogen) atoms. The first-order valence-electron chi connectivity index (χ1n) is 4.26. The number of likely N-dealkylation sites (N-methyl/N-ethyl adjacent to an activating group) is 1. The Labute approximate surface area is 82.1 Å². The molecule has 0 spiro atoms. The van der Waals surface area contributed by atoms with Gasteiger partial charge < -0.3 is 9.73 Å². The molecule has 1 aromatic heterocycles. The average Bonchev–Trinajstić information content (AvgIpc) is 2.51. The van der Waals surface area contributed by atoms with Crippen molar-refractivity contribution in [1.29, 1.82) is 0 Å². The predicted molar refractivity (Wildman–Crippen MR) is 50.8 cm³/mol. The van der Waals surface area contributed by atoms with Crippen LogP contribution in [0.2, 0.25) is 0 Å². The first-order valence-corrected chi connectivity index (χ1v) is 4.26. The molecule has 6 nitrogen and oxygen atoms in total. The maximum absolute atomic E-state index is 11.6. The van der Waals surface area contributed by atoms with Gasteiger partial charge in [0.1, 0.15) is 0 Å². The zero-order valence-electron chi connectivity index (χ0n) is 8.71. The van der Waals surface area contributed by atoms with Crippen LogP contribution < -0.4 is 10.6 Å². The lowest BCUT2D eigenvalue weighted by atomic mass is 10.1. The number of nitrogens with zero attached hydrogens (tertiary/aromatic N) is 2. The summed E-state index contributed by atoms with van der Waals surface area (Å²) in [7, 11) is 1.71. The molecular formula is C8H14N4O2. The standard InChI is InChI=1S/C8H14N4O2/c1-5-11-12-7(14-5)10-6(13)8(2,3)9-4/h9H,1-4H3,(H,10,12,13). The van der Waals surface area contributed by atoms with E-state index in [1.165, 1.54) is 0 Å². The Morgan fingerprint density at radius 1 is 1.43 bits per heavy atom. The van der Waals surface area contributed by atoms with Gasteiger partial charge in [0.15, 0.2) is 0 Å². The molecule has 0 aliphatic heterocycles. The third-order valence-corrected chi connectivity index (χ3v) is 1.94. The van der Waals surface area contributed by atoms with E-state index in [1.54, 1.807) is 27.8 Å². The topological polar surface area (TPSA) is 80.0 Å². The third kappa shape index (κ3) is 2.29. The molecule has 1 aromatic rings. The van der Waals surface area contributed by atoms with Crippen molar-refractivity contribution < 1.29 is 9.21 Å². The molecule has 0 aliphatic rings. The zero-order chi connectivity index (χ0) is 10.8. The van der Waals surface area contributed by atoms with E-state index in [1.807, 2.05) is 0 Å². The maximum atomic E-state index is 11.6. The Bertz CT molecular complexity index is 332. The summed E-state index contributed by atoms with van der Waals surface area (Å²) in [6.45, 7) is 5.17. The third-order valence-electron chi connectivity index (χ3n) is 1.94. The first kappa shape index (κ1) is 10.6. The fourth-order valence-corrected chi connectivity index (χ4v) is 0.714. The van der Waals surface area contributed by atoms with Gasteiger partial charge in [-0.15, -0.1) is 5.10 Å². The van der Waals surface area contributed by atoms with Crippen molar-refractivity contribution in [2.75, 3.05) is 12.4 Å². The first-order chi connectivity index (χ1) is 6.45. The number of aryl methyl sites for hydroxylation is 1. The lowest BCUT2D eigenvalue weighted by molar-refractivity contribution is -0.121. The van der Waals surface area contributed by atoms with Gasteiger partial charge in [0.25, 0.3) is 0 Å². The Balaban J connectivity index is 2.66. The normalized spacial score (nSPS) is 11.4. The van der Waals surface area contributed by atoms with E-state index in [4.69, 9.17) is 4.42 Å². The zero-order valence-corrected chi connectivity index (χ0v) is 8.71. The van der Waals surface area contributed by atoms with Crippen LogP contribution in [0.4, 0.5) is 6.01 Å². The van der Waals surface area contributed by atoms with Crippen molar-refractivity contribution in [2.45, 2.75) is 26.3 Å². The van der Waals surface area contributed by atoms with Crippen LogP contribution in [0, 0.1) is 6.92 Å². The minimum atomic E-state index is -0.664. The SMILES string of the molecule is CNC(C)(C)C(=O)Nc1nnc(C)o1. The van der Waals surface area contributed by atoms with Crippen LogP contribution in [0.3, 0.4) is 0 Å². The molecule has 0 aromatic carbocycles. The minimum Gasteiger partial charge on any atom is -0.408 e. The highest BCUT2D eigenvalue weighted by atomic mass is 16.4. The quantitative estimate of drug-likeness (QED) is 0.730. The molecule has 0 saturated carbocycles. The van der Waals surface area contributed by atoms with Gasteiger partial charge in [0, 0.05) is 6.92 Å². The Hall–Kier alpha value is -1.43. The summed E-state index contributed by atoms with van der Waals surface area (Å²) in [6, 6.07) is 0.121. The number of rotatable bonds is 3. The van der Waals surface area contributed by atoms with Crippen molar-refractivity contribution in [3.8, 4) is 0 Å². The number of aromatic nitrogens is 2. The molecule has 1 rings (SSSR count). The van der Waals surface area contributed by atoms with Crippen LogP contribution in [0.5, 0.6) is 0 Å². The lowest BCUT2D eigenvalue weighted by Gasteiger charge is -2.21. The minimum absolute atomic E-state index is 0.121. The summed E-state index contributed by atoms with van der Waals surface area (Å²) in [5.74, 6) is 0.200. The average molecular weight is 198 g/mol. The van der Waals surface area contributed by atoms with Crippen molar-refractivity contribution in [2.24, 2.45) is 0 Å². The van der Waals surface area contributed by atoms with E-state index in [0.29, 0.717) is 5.89 Å².